The van der Waals surface area contributed by atoms with E-state index in [2.05, 4.69) is 26.6 Å². The predicted octanol–water partition coefficient (Wildman–Crippen LogP) is 1.26. The Kier molecular flexibility index (Phi) is 4.33. The summed E-state index contributed by atoms with van der Waals surface area (Å²) in [4.78, 5) is 13.2. The highest BCUT2D eigenvalue weighted by atomic mass is 16.2. The maximum atomic E-state index is 12.0. The van der Waals surface area contributed by atoms with Crippen molar-refractivity contribution in [1.82, 2.24) is 25.5 Å². The summed E-state index contributed by atoms with van der Waals surface area (Å²) in [5, 5.41) is 14.8. The summed E-state index contributed by atoms with van der Waals surface area (Å²) in [6, 6.07) is 9.46. The Morgan fingerprint density at radius 1 is 1.43 bits per heavy atom. The van der Waals surface area contributed by atoms with Gasteiger partial charge in [-0.15, -0.1) is 16.6 Å². The normalized spacial score (nSPS) is 13.2. The molecule has 1 heterocycles. The molecule has 2 rings (SSSR count). The third-order valence-electron chi connectivity index (χ3n) is 3.21. The molecule has 0 radical (unpaired) electrons. The minimum absolute atomic E-state index is 0.0168. The number of benzene rings is 1. The van der Waals surface area contributed by atoms with Crippen LogP contribution in [0.4, 0.5) is 0 Å². The number of rotatable bonds is 5. The molecule has 21 heavy (non-hydrogen) atoms. The molecular formula is C15H17N5O. The number of nitrogens with zero attached hydrogens (tertiary/aromatic N) is 4. The smallest absolute Gasteiger partial charge is 0.244 e. The van der Waals surface area contributed by atoms with Crippen molar-refractivity contribution in [3.63, 3.8) is 0 Å². The molecule has 0 saturated heterocycles. The zero-order chi connectivity index (χ0) is 15.3. The van der Waals surface area contributed by atoms with Gasteiger partial charge < -0.3 is 5.32 Å². The molecule has 6 heteroatoms. The molecule has 1 amide bonds. The lowest BCUT2D eigenvalue weighted by Gasteiger charge is -2.22. The molecule has 1 atom stereocenters. The second-order valence-electron chi connectivity index (χ2n) is 4.89. The lowest BCUT2D eigenvalue weighted by molar-refractivity contribution is -0.123. The van der Waals surface area contributed by atoms with Crippen LogP contribution in [0.2, 0.25) is 0 Å². The molecule has 2 aromatic rings. The largest absolute Gasteiger partial charge is 0.338 e. The van der Waals surface area contributed by atoms with Crippen LogP contribution in [0.5, 0.6) is 0 Å². The molecule has 0 spiro atoms. The van der Waals surface area contributed by atoms with E-state index in [0.717, 1.165) is 5.56 Å². The summed E-state index contributed by atoms with van der Waals surface area (Å²) in [5.41, 5.74) is 0.200. The van der Waals surface area contributed by atoms with Gasteiger partial charge in [-0.1, -0.05) is 43.2 Å². The highest BCUT2D eigenvalue weighted by Crippen LogP contribution is 2.12. The Hall–Kier alpha value is -2.68. The summed E-state index contributed by atoms with van der Waals surface area (Å²) < 4.78 is 0. The van der Waals surface area contributed by atoms with E-state index >= 15 is 0 Å². The van der Waals surface area contributed by atoms with Gasteiger partial charge in [-0.2, -0.15) is 4.80 Å². The van der Waals surface area contributed by atoms with Gasteiger partial charge in [0.2, 0.25) is 11.7 Å². The number of nitrogens with one attached hydrogen (secondary N) is 1. The van der Waals surface area contributed by atoms with E-state index in [1.807, 2.05) is 37.3 Å². The molecule has 0 aliphatic carbocycles. The monoisotopic (exact) mass is 283 g/mol. The SMILES string of the molecule is C#C[C@@](C)(CC)NC(=O)Cn1nnc(-c2ccccc2)n1. The lowest BCUT2D eigenvalue weighted by atomic mass is 10.0. The summed E-state index contributed by atoms with van der Waals surface area (Å²) in [6.45, 7) is 3.70. The molecule has 0 saturated carbocycles. The average Bonchev–Trinajstić information content (AvgIpc) is 2.96. The molecule has 1 N–H and O–H groups in total. The molecule has 1 aromatic heterocycles. The maximum Gasteiger partial charge on any atom is 0.244 e. The molecule has 0 aliphatic heterocycles. The topological polar surface area (TPSA) is 72.7 Å². The highest BCUT2D eigenvalue weighted by Gasteiger charge is 2.21. The zero-order valence-corrected chi connectivity index (χ0v) is 12.1. The molecule has 6 nitrogen and oxygen atoms in total. The van der Waals surface area contributed by atoms with Gasteiger partial charge in [0.15, 0.2) is 0 Å². The van der Waals surface area contributed by atoms with Crippen LogP contribution in [0.1, 0.15) is 20.3 Å². The number of carbonyl (C=O) groups excluding carboxylic acids is 1. The Balaban J connectivity index is 2.03. The van der Waals surface area contributed by atoms with Gasteiger partial charge >= 0.3 is 0 Å². The van der Waals surface area contributed by atoms with Gasteiger partial charge in [-0.05, 0) is 18.6 Å². The number of carbonyl (C=O) groups is 1. The summed E-state index contributed by atoms with van der Waals surface area (Å²) in [6.07, 6.45) is 6.07. The van der Waals surface area contributed by atoms with Gasteiger partial charge in [-0.25, -0.2) is 0 Å². The number of terminal acetylenes is 1. The lowest BCUT2D eigenvalue weighted by Crippen LogP contribution is -2.45. The van der Waals surface area contributed by atoms with Crippen LogP contribution in [0, 0.1) is 12.3 Å². The Bertz CT molecular complexity index is 658. The average molecular weight is 283 g/mol. The van der Waals surface area contributed by atoms with Gasteiger partial charge in [-0.3, -0.25) is 4.79 Å². The van der Waals surface area contributed by atoms with Crippen molar-refractivity contribution in [2.75, 3.05) is 0 Å². The summed E-state index contributed by atoms with van der Waals surface area (Å²) in [7, 11) is 0. The van der Waals surface area contributed by atoms with Crippen molar-refractivity contribution in [2.24, 2.45) is 0 Å². The quantitative estimate of drug-likeness (QED) is 0.838. The first kappa shape index (κ1) is 14.7. The van der Waals surface area contributed by atoms with Crippen LogP contribution in [-0.2, 0) is 11.3 Å². The second kappa shape index (κ2) is 6.18. The minimum atomic E-state index is -0.653. The van der Waals surface area contributed by atoms with E-state index < -0.39 is 5.54 Å². The van der Waals surface area contributed by atoms with Crippen molar-refractivity contribution in [3.8, 4) is 23.7 Å². The third-order valence-corrected chi connectivity index (χ3v) is 3.21. The van der Waals surface area contributed by atoms with Crippen molar-refractivity contribution < 1.29 is 4.79 Å². The molecule has 0 unspecified atom stereocenters. The summed E-state index contributed by atoms with van der Waals surface area (Å²) in [5.74, 6) is 2.82. The molecular weight excluding hydrogens is 266 g/mol. The standard InChI is InChI=1S/C15H17N5O/c1-4-15(3,5-2)16-13(21)11-20-18-14(17-19-20)12-9-7-6-8-10-12/h1,6-10H,5,11H2,2-3H3,(H,16,21)/t15-/m0/s1. The Morgan fingerprint density at radius 3 is 2.76 bits per heavy atom. The number of amides is 1. The van der Waals surface area contributed by atoms with Crippen LogP contribution in [0.25, 0.3) is 11.4 Å². The second-order valence-corrected chi connectivity index (χ2v) is 4.89. The maximum absolute atomic E-state index is 12.0. The van der Waals surface area contributed by atoms with Crippen LogP contribution in [-0.4, -0.2) is 31.7 Å². The van der Waals surface area contributed by atoms with E-state index in [1.165, 1.54) is 4.80 Å². The number of hydrogen-bond donors (Lipinski definition) is 1. The van der Waals surface area contributed by atoms with Gasteiger partial charge in [0.25, 0.3) is 0 Å². The molecule has 0 bridgehead atoms. The molecule has 0 aliphatic rings. The Morgan fingerprint density at radius 2 is 2.14 bits per heavy atom. The van der Waals surface area contributed by atoms with Crippen molar-refractivity contribution in [2.45, 2.75) is 32.4 Å². The van der Waals surface area contributed by atoms with E-state index in [4.69, 9.17) is 6.42 Å². The van der Waals surface area contributed by atoms with E-state index in [1.54, 1.807) is 6.92 Å². The molecule has 1 aromatic carbocycles. The van der Waals surface area contributed by atoms with Gasteiger partial charge in [0.1, 0.15) is 6.54 Å². The van der Waals surface area contributed by atoms with Gasteiger partial charge in [0, 0.05) is 5.56 Å². The first-order chi connectivity index (χ1) is 10.1. The number of aromatic nitrogens is 4. The van der Waals surface area contributed by atoms with Crippen molar-refractivity contribution in [1.29, 1.82) is 0 Å². The Labute approximate surface area is 123 Å². The molecule has 108 valence electrons. The third kappa shape index (κ3) is 3.66. The van der Waals surface area contributed by atoms with Crippen molar-refractivity contribution >= 4 is 5.91 Å². The fraction of sp³-hybridized carbons (Fsp3) is 0.333. The van der Waals surface area contributed by atoms with E-state index in [9.17, 15) is 4.79 Å². The van der Waals surface area contributed by atoms with E-state index in [0.29, 0.717) is 12.2 Å². The van der Waals surface area contributed by atoms with Crippen LogP contribution in [0.15, 0.2) is 30.3 Å². The van der Waals surface area contributed by atoms with Crippen molar-refractivity contribution in [3.05, 3.63) is 30.3 Å². The zero-order valence-electron chi connectivity index (χ0n) is 12.1. The highest BCUT2D eigenvalue weighted by molar-refractivity contribution is 5.77. The van der Waals surface area contributed by atoms with Gasteiger partial charge in [0.05, 0.1) is 5.54 Å². The first-order valence-corrected chi connectivity index (χ1v) is 6.68. The number of tetrazole rings is 1. The fourth-order valence-electron chi connectivity index (χ4n) is 1.72. The summed E-state index contributed by atoms with van der Waals surface area (Å²) >= 11 is 0. The van der Waals surface area contributed by atoms with Crippen LogP contribution < -0.4 is 5.32 Å². The van der Waals surface area contributed by atoms with Crippen LogP contribution in [0.3, 0.4) is 0 Å². The van der Waals surface area contributed by atoms with E-state index in [-0.39, 0.29) is 12.5 Å². The fourth-order valence-corrected chi connectivity index (χ4v) is 1.72. The number of hydrogen-bond acceptors (Lipinski definition) is 4. The van der Waals surface area contributed by atoms with Crippen LogP contribution >= 0.6 is 0 Å². The molecule has 0 fully saturated rings. The minimum Gasteiger partial charge on any atom is -0.338 e. The predicted molar refractivity (Wildman–Crippen MR) is 78.9 cm³/mol. The first-order valence-electron chi connectivity index (χ1n) is 6.68.